The highest BCUT2D eigenvalue weighted by molar-refractivity contribution is 7.89. The Labute approximate surface area is 179 Å². The first-order valence-electron chi connectivity index (χ1n) is 8.98. The summed E-state index contributed by atoms with van der Waals surface area (Å²) in [4.78, 5) is 14.2. The molecule has 29 heavy (non-hydrogen) atoms. The number of hydrogen-bond acceptors (Lipinski definition) is 4. The molecule has 0 unspecified atom stereocenters. The number of sulfonamides is 1. The molecule has 2 aromatic carbocycles. The molecule has 3 rings (SSSR count). The molecular formula is C19H20Cl2FN3O3S. The molecule has 1 aliphatic rings. The SMILES string of the molecule is O=C(NCCS(=O)(=O)N1CCN(c2ccc(Cl)cc2)CC1)c1c(F)cccc1Cl. The zero-order valence-corrected chi connectivity index (χ0v) is 17.8. The highest BCUT2D eigenvalue weighted by atomic mass is 35.5. The van der Waals surface area contributed by atoms with Crippen LogP contribution in [-0.4, -0.2) is 57.1 Å². The summed E-state index contributed by atoms with van der Waals surface area (Å²) in [6, 6.07) is 11.3. The molecule has 6 nitrogen and oxygen atoms in total. The number of halogens is 3. The summed E-state index contributed by atoms with van der Waals surface area (Å²) >= 11 is 11.7. The van der Waals surface area contributed by atoms with Gasteiger partial charge in [0.05, 0.1) is 16.3 Å². The van der Waals surface area contributed by atoms with Crippen LogP contribution >= 0.6 is 23.2 Å². The molecule has 0 aliphatic carbocycles. The zero-order chi connectivity index (χ0) is 21.0. The Morgan fingerprint density at radius 3 is 2.31 bits per heavy atom. The van der Waals surface area contributed by atoms with Gasteiger partial charge in [0.1, 0.15) is 5.82 Å². The first kappa shape index (κ1) is 21.8. The summed E-state index contributed by atoms with van der Waals surface area (Å²) in [6.07, 6.45) is 0. The molecule has 156 valence electrons. The average Bonchev–Trinajstić information content (AvgIpc) is 2.68. The lowest BCUT2D eigenvalue weighted by atomic mass is 10.2. The van der Waals surface area contributed by atoms with Gasteiger partial charge < -0.3 is 10.2 Å². The first-order chi connectivity index (χ1) is 13.8. The van der Waals surface area contributed by atoms with Crippen LogP contribution in [0.2, 0.25) is 10.0 Å². The van der Waals surface area contributed by atoms with Crippen LogP contribution in [0.1, 0.15) is 10.4 Å². The van der Waals surface area contributed by atoms with Crippen molar-refractivity contribution in [2.45, 2.75) is 0 Å². The number of hydrogen-bond donors (Lipinski definition) is 1. The molecule has 2 aromatic rings. The van der Waals surface area contributed by atoms with Crippen molar-refractivity contribution in [1.29, 1.82) is 0 Å². The molecule has 1 N–H and O–H groups in total. The molecule has 0 saturated carbocycles. The van der Waals surface area contributed by atoms with Crippen molar-refractivity contribution in [3.8, 4) is 0 Å². The summed E-state index contributed by atoms with van der Waals surface area (Å²) < 4.78 is 40.3. The van der Waals surface area contributed by atoms with E-state index in [2.05, 4.69) is 10.2 Å². The third-order valence-corrected chi connectivity index (χ3v) is 7.10. The third-order valence-electron chi connectivity index (χ3n) is 4.66. The van der Waals surface area contributed by atoms with Crippen molar-refractivity contribution >= 4 is 44.8 Å². The lowest BCUT2D eigenvalue weighted by Crippen LogP contribution is -2.50. The van der Waals surface area contributed by atoms with Crippen molar-refractivity contribution in [3.05, 3.63) is 63.9 Å². The predicted molar refractivity (Wildman–Crippen MR) is 113 cm³/mol. The minimum absolute atomic E-state index is 0.0244. The number of nitrogens with one attached hydrogen (secondary N) is 1. The van der Waals surface area contributed by atoms with Gasteiger partial charge in [-0.25, -0.2) is 12.8 Å². The third kappa shape index (κ3) is 5.39. The van der Waals surface area contributed by atoms with Crippen molar-refractivity contribution in [3.63, 3.8) is 0 Å². The molecule has 0 aromatic heterocycles. The molecule has 0 spiro atoms. The van der Waals surface area contributed by atoms with Crippen LogP contribution in [0.3, 0.4) is 0 Å². The van der Waals surface area contributed by atoms with Crippen LogP contribution in [0.4, 0.5) is 10.1 Å². The fourth-order valence-corrected chi connectivity index (χ4v) is 4.81. The lowest BCUT2D eigenvalue weighted by Gasteiger charge is -2.35. The standard InChI is InChI=1S/C19H20Cl2FN3O3S/c20-14-4-6-15(7-5-14)24-9-11-25(12-10-24)29(27,28)13-8-23-19(26)18-16(21)2-1-3-17(18)22/h1-7H,8-13H2,(H,23,26). The number of benzene rings is 2. The molecule has 10 heteroatoms. The Bertz CT molecular complexity index is 958. The number of anilines is 1. The monoisotopic (exact) mass is 459 g/mol. The molecule has 0 atom stereocenters. The first-order valence-corrected chi connectivity index (χ1v) is 11.3. The van der Waals surface area contributed by atoms with Crippen molar-refractivity contribution < 1.29 is 17.6 Å². The molecule has 1 aliphatic heterocycles. The van der Waals surface area contributed by atoms with Crippen molar-refractivity contribution in [2.75, 3.05) is 43.4 Å². The molecule has 0 radical (unpaired) electrons. The van der Waals surface area contributed by atoms with Gasteiger partial charge in [-0.3, -0.25) is 4.79 Å². The lowest BCUT2D eigenvalue weighted by molar-refractivity contribution is 0.0952. The summed E-state index contributed by atoms with van der Waals surface area (Å²) in [5.74, 6) is -1.77. The van der Waals surface area contributed by atoms with Gasteiger partial charge in [-0.2, -0.15) is 4.31 Å². The van der Waals surface area contributed by atoms with E-state index in [0.29, 0.717) is 31.2 Å². The van der Waals surface area contributed by atoms with Gasteiger partial charge in [-0.15, -0.1) is 0 Å². The summed E-state index contributed by atoms with van der Waals surface area (Å²) in [5.41, 5.74) is 0.698. The largest absolute Gasteiger partial charge is 0.369 e. The Morgan fingerprint density at radius 2 is 1.69 bits per heavy atom. The number of rotatable bonds is 6. The van der Waals surface area contributed by atoms with E-state index < -0.39 is 21.7 Å². The van der Waals surface area contributed by atoms with E-state index in [1.54, 1.807) is 12.1 Å². The van der Waals surface area contributed by atoms with E-state index in [1.807, 2.05) is 12.1 Å². The quantitative estimate of drug-likeness (QED) is 0.720. The Balaban J connectivity index is 1.51. The van der Waals surface area contributed by atoms with Crippen LogP contribution in [0.25, 0.3) is 0 Å². The second-order valence-corrected chi connectivity index (χ2v) is 9.46. The van der Waals surface area contributed by atoms with Crippen LogP contribution in [0.5, 0.6) is 0 Å². The number of carbonyl (C=O) groups is 1. The molecule has 1 amide bonds. The number of amides is 1. The highest BCUT2D eigenvalue weighted by Gasteiger charge is 2.27. The van der Waals surface area contributed by atoms with E-state index >= 15 is 0 Å². The maximum absolute atomic E-state index is 13.8. The van der Waals surface area contributed by atoms with Crippen LogP contribution in [0, 0.1) is 5.82 Å². The molecule has 1 fully saturated rings. The zero-order valence-electron chi connectivity index (χ0n) is 15.4. The summed E-state index contributed by atoms with van der Waals surface area (Å²) in [7, 11) is -3.55. The number of piperazine rings is 1. The molecular weight excluding hydrogens is 440 g/mol. The fourth-order valence-electron chi connectivity index (χ4n) is 3.10. The van der Waals surface area contributed by atoms with Gasteiger partial charge in [0.2, 0.25) is 10.0 Å². The predicted octanol–water partition coefficient (Wildman–Crippen LogP) is 3.01. The van der Waals surface area contributed by atoms with Gasteiger partial charge >= 0.3 is 0 Å². The minimum atomic E-state index is -3.55. The fraction of sp³-hybridized carbons (Fsp3) is 0.316. The van der Waals surface area contributed by atoms with Crippen molar-refractivity contribution in [2.24, 2.45) is 0 Å². The van der Waals surface area contributed by atoms with Gasteiger partial charge in [-0.1, -0.05) is 29.3 Å². The smallest absolute Gasteiger partial charge is 0.255 e. The molecule has 1 saturated heterocycles. The van der Waals surface area contributed by atoms with E-state index in [9.17, 15) is 17.6 Å². The summed E-state index contributed by atoms with van der Waals surface area (Å²) in [6.45, 7) is 1.66. The normalized spacial score (nSPS) is 15.3. The maximum atomic E-state index is 13.8. The second-order valence-electron chi connectivity index (χ2n) is 6.53. The second kappa shape index (κ2) is 9.30. The van der Waals surface area contributed by atoms with Crippen LogP contribution in [0.15, 0.2) is 42.5 Å². The maximum Gasteiger partial charge on any atom is 0.255 e. The van der Waals surface area contributed by atoms with Crippen molar-refractivity contribution in [1.82, 2.24) is 9.62 Å². The Kier molecular flexibility index (Phi) is 7.00. The highest BCUT2D eigenvalue weighted by Crippen LogP contribution is 2.21. The van der Waals surface area contributed by atoms with E-state index in [4.69, 9.17) is 23.2 Å². The van der Waals surface area contributed by atoms with E-state index in [0.717, 1.165) is 11.8 Å². The van der Waals surface area contributed by atoms with Gasteiger partial charge in [0, 0.05) is 43.4 Å². The summed E-state index contributed by atoms with van der Waals surface area (Å²) in [5, 5.41) is 3.05. The Hall–Kier alpha value is -1.87. The van der Waals surface area contributed by atoms with Gasteiger partial charge in [-0.05, 0) is 36.4 Å². The molecule has 0 bridgehead atoms. The van der Waals surface area contributed by atoms with Gasteiger partial charge in [0.15, 0.2) is 0 Å². The number of nitrogens with zero attached hydrogens (tertiary/aromatic N) is 2. The van der Waals surface area contributed by atoms with E-state index in [-0.39, 0.29) is 22.9 Å². The van der Waals surface area contributed by atoms with Gasteiger partial charge in [0.25, 0.3) is 5.91 Å². The molecule has 1 heterocycles. The Morgan fingerprint density at radius 1 is 1.03 bits per heavy atom. The topological polar surface area (TPSA) is 69.7 Å². The number of carbonyl (C=O) groups excluding carboxylic acids is 1. The van der Waals surface area contributed by atoms with E-state index in [1.165, 1.54) is 16.4 Å². The minimum Gasteiger partial charge on any atom is -0.369 e. The van der Waals surface area contributed by atoms with Crippen LogP contribution in [-0.2, 0) is 10.0 Å². The average molecular weight is 460 g/mol. The van der Waals surface area contributed by atoms with Crippen LogP contribution < -0.4 is 10.2 Å².